The van der Waals surface area contributed by atoms with Crippen molar-refractivity contribution in [3.05, 3.63) is 29.6 Å². The fourth-order valence-corrected chi connectivity index (χ4v) is 2.63. The Morgan fingerprint density at radius 2 is 2.32 bits per heavy atom. The van der Waals surface area contributed by atoms with E-state index in [9.17, 15) is 4.39 Å². The predicted octanol–water partition coefficient (Wildman–Crippen LogP) is 2.67. The molecule has 0 aliphatic carbocycles. The molecular weight excluding hydrogens is 241 g/mol. The van der Waals surface area contributed by atoms with Gasteiger partial charge in [0.2, 0.25) is 0 Å². The number of nitrogens with zero attached hydrogens (tertiary/aromatic N) is 2. The lowest BCUT2D eigenvalue weighted by Gasteiger charge is -2.31. The van der Waals surface area contributed by atoms with Crippen molar-refractivity contribution in [3.8, 4) is 6.07 Å². The van der Waals surface area contributed by atoms with Crippen LogP contribution in [0.1, 0.15) is 31.7 Å². The molecule has 0 aromatic heterocycles. The van der Waals surface area contributed by atoms with Crippen LogP contribution in [-0.4, -0.2) is 25.7 Å². The molecule has 0 saturated carbocycles. The highest BCUT2D eigenvalue weighted by Gasteiger charge is 2.19. The molecule has 1 aliphatic rings. The van der Waals surface area contributed by atoms with E-state index in [2.05, 4.69) is 10.2 Å². The molecule has 0 radical (unpaired) electrons. The van der Waals surface area contributed by atoms with Crippen molar-refractivity contribution in [2.75, 3.05) is 24.5 Å². The van der Waals surface area contributed by atoms with Gasteiger partial charge >= 0.3 is 0 Å². The maximum absolute atomic E-state index is 13.7. The highest BCUT2D eigenvalue weighted by molar-refractivity contribution is 5.59. The highest BCUT2D eigenvalue weighted by Crippen LogP contribution is 2.23. The van der Waals surface area contributed by atoms with Crippen molar-refractivity contribution in [1.82, 2.24) is 5.32 Å². The van der Waals surface area contributed by atoms with Crippen LogP contribution in [0, 0.1) is 17.1 Å². The number of hydrogen-bond donors (Lipinski definition) is 1. The molecule has 1 saturated heterocycles. The average Bonchev–Trinajstić information content (AvgIpc) is 2.45. The topological polar surface area (TPSA) is 39.1 Å². The fourth-order valence-electron chi connectivity index (χ4n) is 2.63. The number of anilines is 1. The summed E-state index contributed by atoms with van der Waals surface area (Å²) in [5, 5.41) is 12.6. The molecule has 1 aromatic carbocycles. The van der Waals surface area contributed by atoms with Gasteiger partial charge in [0, 0.05) is 19.1 Å². The molecule has 2 rings (SSSR count). The maximum atomic E-state index is 13.7. The van der Waals surface area contributed by atoms with Gasteiger partial charge in [-0.05, 0) is 38.4 Å². The van der Waals surface area contributed by atoms with Crippen LogP contribution in [0.25, 0.3) is 0 Å². The van der Waals surface area contributed by atoms with Crippen LogP contribution >= 0.6 is 0 Å². The third-order valence-corrected chi connectivity index (χ3v) is 3.68. The van der Waals surface area contributed by atoms with Crippen LogP contribution in [0.5, 0.6) is 0 Å². The number of piperidine rings is 1. The summed E-state index contributed by atoms with van der Waals surface area (Å²) in [7, 11) is 0. The lowest BCUT2D eigenvalue weighted by Crippen LogP contribution is -2.44. The molecule has 0 spiro atoms. The Morgan fingerprint density at radius 1 is 1.47 bits per heavy atom. The molecule has 102 valence electrons. The Hall–Kier alpha value is -1.60. The van der Waals surface area contributed by atoms with E-state index >= 15 is 0 Å². The minimum atomic E-state index is -0.435. The molecule has 3 nitrogen and oxygen atoms in total. The Labute approximate surface area is 114 Å². The summed E-state index contributed by atoms with van der Waals surface area (Å²) in [6.45, 7) is 4.69. The molecule has 1 aliphatic heterocycles. The first-order valence-electron chi connectivity index (χ1n) is 6.93. The molecular formula is C15H20FN3. The lowest BCUT2D eigenvalue weighted by atomic mass is 10.0. The van der Waals surface area contributed by atoms with Gasteiger partial charge in [0.15, 0.2) is 0 Å². The molecule has 0 amide bonds. The Bertz CT molecular complexity index is 461. The summed E-state index contributed by atoms with van der Waals surface area (Å²) in [5.74, 6) is -0.435. The van der Waals surface area contributed by atoms with E-state index in [4.69, 9.17) is 5.26 Å². The van der Waals surface area contributed by atoms with Crippen molar-refractivity contribution < 1.29 is 4.39 Å². The van der Waals surface area contributed by atoms with Crippen molar-refractivity contribution in [2.45, 2.75) is 32.2 Å². The minimum absolute atomic E-state index is 0.153. The van der Waals surface area contributed by atoms with E-state index < -0.39 is 5.82 Å². The second kappa shape index (κ2) is 6.53. The summed E-state index contributed by atoms with van der Waals surface area (Å²) in [6, 6.07) is 7.25. The van der Waals surface area contributed by atoms with Gasteiger partial charge in [0.1, 0.15) is 17.4 Å². The first-order chi connectivity index (χ1) is 9.26. The molecule has 4 heteroatoms. The summed E-state index contributed by atoms with van der Waals surface area (Å²) in [5.41, 5.74) is 0.859. The summed E-state index contributed by atoms with van der Waals surface area (Å²) >= 11 is 0. The fraction of sp³-hybridized carbons (Fsp3) is 0.533. The highest BCUT2D eigenvalue weighted by atomic mass is 19.1. The maximum Gasteiger partial charge on any atom is 0.143 e. The van der Waals surface area contributed by atoms with Crippen LogP contribution in [0.15, 0.2) is 18.2 Å². The van der Waals surface area contributed by atoms with E-state index in [1.54, 1.807) is 6.07 Å². The zero-order chi connectivity index (χ0) is 13.7. The molecule has 1 N–H and O–H groups in total. The number of benzene rings is 1. The molecule has 19 heavy (non-hydrogen) atoms. The number of nitriles is 1. The molecule has 0 bridgehead atoms. The van der Waals surface area contributed by atoms with Gasteiger partial charge < -0.3 is 10.2 Å². The van der Waals surface area contributed by atoms with Gasteiger partial charge in [-0.1, -0.05) is 12.5 Å². The van der Waals surface area contributed by atoms with E-state index in [1.165, 1.54) is 18.9 Å². The Kier molecular flexibility index (Phi) is 4.75. The minimum Gasteiger partial charge on any atom is -0.369 e. The lowest BCUT2D eigenvalue weighted by molar-refractivity contribution is 0.400. The van der Waals surface area contributed by atoms with E-state index in [0.717, 1.165) is 26.1 Å². The predicted molar refractivity (Wildman–Crippen MR) is 74.6 cm³/mol. The van der Waals surface area contributed by atoms with Gasteiger partial charge in [0.25, 0.3) is 0 Å². The molecule has 1 aromatic rings. The van der Waals surface area contributed by atoms with Crippen LogP contribution in [0.3, 0.4) is 0 Å². The van der Waals surface area contributed by atoms with Crippen molar-refractivity contribution in [3.63, 3.8) is 0 Å². The normalized spacial score (nSPS) is 18.9. The third kappa shape index (κ3) is 3.24. The van der Waals surface area contributed by atoms with Gasteiger partial charge in [0.05, 0.1) is 5.69 Å². The van der Waals surface area contributed by atoms with Crippen LogP contribution in [0.4, 0.5) is 10.1 Å². The molecule has 1 heterocycles. The van der Waals surface area contributed by atoms with Gasteiger partial charge in [-0.15, -0.1) is 0 Å². The van der Waals surface area contributed by atoms with Gasteiger partial charge in [-0.2, -0.15) is 5.26 Å². The Morgan fingerprint density at radius 3 is 2.95 bits per heavy atom. The monoisotopic (exact) mass is 261 g/mol. The summed E-state index contributed by atoms with van der Waals surface area (Å²) in [6.07, 6.45) is 3.61. The SMILES string of the molecule is CCN(CC1CCCCN1)c1cccc(F)c1C#N. The smallest absolute Gasteiger partial charge is 0.143 e. The van der Waals surface area contributed by atoms with Crippen molar-refractivity contribution in [2.24, 2.45) is 0 Å². The quantitative estimate of drug-likeness (QED) is 0.905. The van der Waals surface area contributed by atoms with Gasteiger partial charge in [-0.25, -0.2) is 4.39 Å². The number of hydrogen-bond acceptors (Lipinski definition) is 3. The summed E-state index contributed by atoms with van der Waals surface area (Å²) < 4.78 is 13.7. The number of nitrogens with one attached hydrogen (secondary N) is 1. The van der Waals surface area contributed by atoms with Crippen molar-refractivity contribution in [1.29, 1.82) is 5.26 Å². The molecule has 1 atom stereocenters. The first-order valence-corrected chi connectivity index (χ1v) is 6.93. The third-order valence-electron chi connectivity index (χ3n) is 3.68. The zero-order valence-electron chi connectivity index (χ0n) is 11.3. The van der Waals surface area contributed by atoms with E-state index in [1.807, 2.05) is 19.1 Å². The van der Waals surface area contributed by atoms with Crippen LogP contribution in [0.2, 0.25) is 0 Å². The standard InChI is InChI=1S/C15H20FN3/c1-2-19(11-12-6-3-4-9-18-12)15-8-5-7-14(16)13(15)10-17/h5,7-8,12,18H,2-4,6,9,11H2,1H3. The number of rotatable bonds is 4. The van der Waals surface area contributed by atoms with E-state index in [0.29, 0.717) is 11.7 Å². The second-order valence-electron chi connectivity index (χ2n) is 4.93. The van der Waals surface area contributed by atoms with E-state index in [-0.39, 0.29) is 5.56 Å². The largest absolute Gasteiger partial charge is 0.369 e. The molecule has 1 unspecified atom stereocenters. The number of likely N-dealkylation sites (N-methyl/N-ethyl adjacent to an activating group) is 1. The van der Waals surface area contributed by atoms with Crippen LogP contribution in [-0.2, 0) is 0 Å². The van der Waals surface area contributed by atoms with Gasteiger partial charge in [-0.3, -0.25) is 0 Å². The first kappa shape index (κ1) is 13.8. The zero-order valence-corrected chi connectivity index (χ0v) is 11.3. The van der Waals surface area contributed by atoms with Crippen LogP contribution < -0.4 is 10.2 Å². The second-order valence-corrected chi connectivity index (χ2v) is 4.93. The van der Waals surface area contributed by atoms with Crippen molar-refractivity contribution >= 4 is 5.69 Å². The number of halogens is 1. The molecule has 1 fully saturated rings. The Balaban J connectivity index is 2.17. The summed E-state index contributed by atoms with van der Waals surface area (Å²) in [4.78, 5) is 2.09. The average molecular weight is 261 g/mol.